The van der Waals surface area contributed by atoms with E-state index < -0.39 is 11.4 Å². The van der Waals surface area contributed by atoms with Crippen LogP contribution < -0.4 is 4.84 Å². The molecule has 0 radical (unpaired) electrons. The number of aromatic nitrogens is 2. The molecule has 1 aromatic heterocycles. The number of aliphatic carboxylic acids is 1. The van der Waals surface area contributed by atoms with E-state index in [1.807, 2.05) is 0 Å². The normalized spacial score (nSPS) is 14.9. The lowest BCUT2D eigenvalue weighted by Crippen LogP contribution is -2.40. The van der Waals surface area contributed by atoms with Crippen LogP contribution >= 0.6 is 0 Å². The summed E-state index contributed by atoms with van der Waals surface area (Å²) < 4.78 is 0. The van der Waals surface area contributed by atoms with Gasteiger partial charge in [-0.15, -0.1) is 5.10 Å². The Hall–Kier alpha value is -2.05. The number of carbonyl (C=O) groups is 2. The number of piperidine rings is 1. The monoisotopic (exact) mass is 297 g/mol. The first kappa shape index (κ1) is 17.0. The van der Waals surface area contributed by atoms with E-state index in [0.29, 0.717) is 0 Å². The molecule has 1 N–H and O–H groups in total. The molecule has 0 atom stereocenters. The van der Waals surface area contributed by atoms with Gasteiger partial charge in [0, 0.05) is 13.1 Å². The van der Waals surface area contributed by atoms with Crippen molar-refractivity contribution in [2.75, 3.05) is 13.1 Å². The standard InChI is InChI=1S/C9H13N3O2.C5H10O2/c13-9(11-6-2-1-3-7-11)14-12-8-4-5-10-12;1-5(2,3)4(6)7/h4-5,8H,1-3,6-7H2;1-3H3,(H,6,7). The minimum Gasteiger partial charge on any atom is -0.481 e. The van der Waals surface area contributed by atoms with Crippen LogP contribution in [-0.4, -0.2) is 45.1 Å². The topological polar surface area (TPSA) is 84.7 Å². The van der Waals surface area contributed by atoms with Crippen LogP contribution in [0.5, 0.6) is 0 Å². The summed E-state index contributed by atoms with van der Waals surface area (Å²) in [7, 11) is 0. The Morgan fingerprint density at radius 2 is 1.76 bits per heavy atom. The van der Waals surface area contributed by atoms with Gasteiger partial charge in [0.2, 0.25) is 0 Å². The van der Waals surface area contributed by atoms with Crippen molar-refractivity contribution in [2.24, 2.45) is 5.41 Å². The molecule has 0 aliphatic carbocycles. The molecular formula is C14H23N3O4. The fraction of sp³-hybridized carbons (Fsp3) is 0.643. The number of carbonyl (C=O) groups excluding carboxylic acids is 1. The van der Waals surface area contributed by atoms with Gasteiger partial charge in [0.25, 0.3) is 0 Å². The van der Waals surface area contributed by atoms with Crippen molar-refractivity contribution in [1.29, 1.82) is 0 Å². The van der Waals surface area contributed by atoms with Gasteiger partial charge < -0.3 is 10.0 Å². The van der Waals surface area contributed by atoms with Crippen LogP contribution in [0.3, 0.4) is 0 Å². The first-order chi connectivity index (χ1) is 9.80. The highest BCUT2D eigenvalue weighted by molar-refractivity contribution is 5.72. The number of hydrogen-bond acceptors (Lipinski definition) is 4. The van der Waals surface area contributed by atoms with Gasteiger partial charge in [-0.2, -0.15) is 0 Å². The van der Waals surface area contributed by atoms with Crippen LogP contribution in [0, 0.1) is 5.41 Å². The van der Waals surface area contributed by atoms with Crippen LogP contribution in [0.15, 0.2) is 18.5 Å². The van der Waals surface area contributed by atoms with Crippen LogP contribution in [0.1, 0.15) is 40.0 Å². The van der Waals surface area contributed by atoms with Gasteiger partial charge >= 0.3 is 12.1 Å². The lowest BCUT2D eigenvalue weighted by Gasteiger charge is -2.24. The van der Waals surface area contributed by atoms with Crippen LogP contribution in [0.25, 0.3) is 0 Å². The predicted molar refractivity (Wildman–Crippen MR) is 76.7 cm³/mol. The SMILES string of the molecule is CC(C)(C)C(=O)O.O=C(On1cccn1)N1CCCCC1. The van der Waals surface area contributed by atoms with E-state index in [-0.39, 0.29) is 6.09 Å². The fourth-order valence-corrected chi connectivity index (χ4v) is 1.52. The summed E-state index contributed by atoms with van der Waals surface area (Å²) in [6.45, 7) is 6.57. The van der Waals surface area contributed by atoms with Crippen molar-refractivity contribution >= 4 is 12.1 Å². The molecule has 0 saturated carbocycles. The van der Waals surface area contributed by atoms with Crippen molar-refractivity contribution in [2.45, 2.75) is 40.0 Å². The van der Waals surface area contributed by atoms with E-state index in [1.54, 1.807) is 44.1 Å². The zero-order valence-electron chi connectivity index (χ0n) is 12.8. The van der Waals surface area contributed by atoms with E-state index >= 15 is 0 Å². The largest absolute Gasteiger partial charge is 0.481 e. The minimum absolute atomic E-state index is 0.312. The molecule has 0 aromatic carbocycles. The molecule has 7 nitrogen and oxygen atoms in total. The summed E-state index contributed by atoms with van der Waals surface area (Å²) in [5.74, 6) is -0.757. The first-order valence-corrected chi connectivity index (χ1v) is 7.01. The van der Waals surface area contributed by atoms with Crippen molar-refractivity contribution < 1.29 is 19.5 Å². The fourth-order valence-electron chi connectivity index (χ4n) is 1.52. The Morgan fingerprint density at radius 3 is 2.19 bits per heavy atom. The van der Waals surface area contributed by atoms with E-state index in [1.165, 1.54) is 11.3 Å². The predicted octanol–water partition coefficient (Wildman–Crippen LogP) is 2.03. The Morgan fingerprint density at radius 1 is 1.19 bits per heavy atom. The molecule has 1 aliphatic rings. The van der Waals surface area contributed by atoms with Crippen molar-refractivity contribution in [1.82, 2.24) is 14.8 Å². The zero-order chi connectivity index (χ0) is 15.9. The average Bonchev–Trinajstić information content (AvgIpc) is 2.92. The van der Waals surface area contributed by atoms with Gasteiger partial charge in [-0.3, -0.25) is 9.63 Å². The first-order valence-electron chi connectivity index (χ1n) is 7.01. The van der Waals surface area contributed by atoms with E-state index in [9.17, 15) is 9.59 Å². The molecule has 0 unspecified atom stereocenters. The quantitative estimate of drug-likeness (QED) is 0.857. The highest BCUT2D eigenvalue weighted by Crippen LogP contribution is 2.11. The van der Waals surface area contributed by atoms with Crippen LogP contribution in [0.4, 0.5) is 4.79 Å². The summed E-state index contributed by atoms with van der Waals surface area (Å²) in [5.41, 5.74) is -0.583. The van der Waals surface area contributed by atoms with Gasteiger partial charge in [-0.1, -0.05) is 4.85 Å². The highest BCUT2D eigenvalue weighted by atomic mass is 16.7. The van der Waals surface area contributed by atoms with E-state index in [0.717, 1.165) is 25.9 Å². The molecule has 2 heterocycles. The lowest BCUT2D eigenvalue weighted by molar-refractivity contribution is -0.145. The molecule has 7 heteroatoms. The molecule has 1 saturated heterocycles. The summed E-state index contributed by atoms with van der Waals surface area (Å²) in [6.07, 6.45) is 6.19. The summed E-state index contributed by atoms with van der Waals surface area (Å²) in [5, 5.41) is 12.0. The maximum atomic E-state index is 11.5. The van der Waals surface area contributed by atoms with Gasteiger partial charge in [0.05, 0.1) is 17.8 Å². The van der Waals surface area contributed by atoms with Crippen LogP contribution in [0.2, 0.25) is 0 Å². The Labute approximate surface area is 124 Å². The Kier molecular flexibility index (Phi) is 6.20. The van der Waals surface area contributed by atoms with Gasteiger partial charge in [-0.25, -0.2) is 4.79 Å². The van der Waals surface area contributed by atoms with Crippen LogP contribution in [-0.2, 0) is 4.79 Å². The molecule has 21 heavy (non-hydrogen) atoms. The third kappa shape index (κ3) is 6.29. The number of amides is 1. The van der Waals surface area contributed by atoms with Crippen molar-refractivity contribution in [3.05, 3.63) is 18.5 Å². The number of carboxylic acids is 1. The lowest BCUT2D eigenvalue weighted by atomic mass is 9.98. The van der Waals surface area contributed by atoms with Gasteiger partial charge in [0.1, 0.15) is 0 Å². The summed E-state index contributed by atoms with van der Waals surface area (Å²) >= 11 is 0. The number of nitrogens with zero attached hydrogens (tertiary/aromatic N) is 3. The van der Waals surface area contributed by atoms with Crippen molar-refractivity contribution in [3.8, 4) is 0 Å². The van der Waals surface area contributed by atoms with E-state index in [4.69, 9.17) is 9.94 Å². The molecule has 1 fully saturated rings. The van der Waals surface area contributed by atoms with Gasteiger partial charge in [-0.05, 0) is 46.1 Å². The minimum atomic E-state index is -0.757. The Balaban J connectivity index is 0.000000270. The molecule has 118 valence electrons. The highest BCUT2D eigenvalue weighted by Gasteiger charge is 2.19. The second-order valence-corrected chi connectivity index (χ2v) is 5.87. The molecule has 1 aliphatic heterocycles. The summed E-state index contributed by atoms with van der Waals surface area (Å²) in [6, 6.07) is 1.71. The molecule has 2 rings (SSSR count). The smallest absolute Gasteiger partial charge is 0.435 e. The third-order valence-electron chi connectivity index (χ3n) is 2.91. The number of rotatable bonds is 1. The van der Waals surface area contributed by atoms with E-state index in [2.05, 4.69) is 5.10 Å². The number of carboxylic acid groups (broad SMARTS) is 1. The molecule has 1 amide bonds. The maximum Gasteiger partial charge on any atom is 0.435 e. The Bertz CT molecular complexity index is 445. The second-order valence-electron chi connectivity index (χ2n) is 5.87. The zero-order valence-corrected chi connectivity index (χ0v) is 12.8. The molecular weight excluding hydrogens is 274 g/mol. The number of hydrogen-bond donors (Lipinski definition) is 1. The second kappa shape index (κ2) is 7.66. The molecule has 0 spiro atoms. The van der Waals surface area contributed by atoms with Gasteiger partial charge in [0.15, 0.2) is 0 Å². The maximum absolute atomic E-state index is 11.5. The number of likely N-dealkylation sites (tertiary alicyclic amines) is 1. The molecule has 1 aromatic rings. The molecule has 0 bridgehead atoms. The average molecular weight is 297 g/mol. The van der Waals surface area contributed by atoms with Crippen molar-refractivity contribution in [3.63, 3.8) is 0 Å². The summed E-state index contributed by atoms with van der Waals surface area (Å²) in [4.78, 5) is 29.4. The third-order valence-corrected chi connectivity index (χ3v) is 2.91.